The second kappa shape index (κ2) is 20.8. The zero-order valence-electron chi connectivity index (χ0n) is 31.4. The zero-order chi connectivity index (χ0) is 40.0. The van der Waals surface area contributed by atoms with E-state index in [1.54, 1.807) is 36.4 Å². The Kier molecular flexibility index (Phi) is 15.7. The first-order valence-electron chi connectivity index (χ1n) is 17.9. The molecule has 302 valence electrons. The Bertz CT molecular complexity index is 1700. The molecular formula is C40H47NO15. The van der Waals surface area contributed by atoms with Crippen LogP contribution in [0.15, 0.2) is 91.0 Å². The average molecular weight is 782 g/mol. The Balaban J connectivity index is 1.52. The fourth-order valence-corrected chi connectivity index (χ4v) is 6.30. The van der Waals surface area contributed by atoms with Crippen LogP contribution in [0.1, 0.15) is 30.5 Å². The smallest absolute Gasteiger partial charge is 0.407 e. The molecule has 0 aromatic heterocycles. The molecule has 1 amide bonds. The van der Waals surface area contributed by atoms with Crippen molar-refractivity contribution < 1.29 is 71.7 Å². The van der Waals surface area contributed by atoms with Crippen LogP contribution in [-0.2, 0) is 81.6 Å². The fraction of sp³-hybridized carbons (Fsp3) is 0.450. The van der Waals surface area contributed by atoms with E-state index in [2.05, 4.69) is 5.32 Å². The number of methoxy groups -OCH3 is 2. The molecule has 3 aromatic rings. The van der Waals surface area contributed by atoms with Crippen molar-refractivity contribution in [1.29, 1.82) is 0 Å². The van der Waals surface area contributed by atoms with Gasteiger partial charge in [0, 0.05) is 21.0 Å². The van der Waals surface area contributed by atoms with Crippen LogP contribution < -0.4 is 5.32 Å². The Hall–Kier alpha value is -4.94. The first-order chi connectivity index (χ1) is 27.1. The van der Waals surface area contributed by atoms with Gasteiger partial charge in [0.05, 0.1) is 20.3 Å². The Morgan fingerprint density at radius 3 is 1.73 bits per heavy atom. The van der Waals surface area contributed by atoms with Gasteiger partial charge in [-0.25, -0.2) is 9.59 Å². The van der Waals surface area contributed by atoms with Gasteiger partial charge in [-0.2, -0.15) is 0 Å². The normalized spacial score (nSPS) is 27.4. The van der Waals surface area contributed by atoms with Crippen LogP contribution in [-0.4, -0.2) is 111 Å². The van der Waals surface area contributed by atoms with Gasteiger partial charge in [-0.1, -0.05) is 91.0 Å². The number of hydrogen-bond donors (Lipinski definition) is 2. The lowest BCUT2D eigenvalue weighted by Crippen LogP contribution is -2.69. The second-order valence-corrected chi connectivity index (χ2v) is 12.9. The van der Waals surface area contributed by atoms with Crippen LogP contribution in [0.5, 0.6) is 0 Å². The molecule has 0 radical (unpaired) electrons. The molecule has 0 saturated carbocycles. The lowest BCUT2D eigenvalue weighted by molar-refractivity contribution is -0.350. The molecular weight excluding hydrogens is 734 g/mol. The molecule has 2 fully saturated rings. The number of alkyl carbamates (subject to hydrolysis) is 1. The van der Waals surface area contributed by atoms with E-state index in [1.807, 2.05) is 54.6 Å². The van der Waals surface area contributed by atoms with Gasteiger partial charge >= 0.3 is 24.0 Å². The summed E-state index contributed by atoms with van der Waals surface area (Å²) in [7, 11) is 2.47. The average Bonchev–Trinajstić information content (AvgIpc) is 3.20. The van der Waals surface area contributed by atoms with Crippen molar-refractivity contribution in [2.24, 2.45) is 0 Å². The second-order valence-electron chi connectivity index (χ2n) is 12.9. The number of esters is 3. The molecule has 2 heterocycles. The first kappa shape index (κ1) is 42.2. The number of aliphatic hydroxyl groups excluding tert-OH is 1. The van der Waals surface area contributed by atoms with Gasteiger partial charge in [-0.15, -0.1) is 0 Å². The van der Waals surface area contributed by atoms with Crippen LogP contribution in [0.25, 0.3) is 0 Å². The summed E-state index contributed by atoms with van der Waals surface area (Å²) in [5.74, 6) is -2.38. The highest BCUT2D eigenvalue weighted by molar-refractivity contribution is 5.75. The van der Waals surface area contributed by atoms with Gasteiger partial charge in [0.1, 0.15) is 49.8 Å². The van der Waals surface area contributed by atoms with Gasteiger partial charge in [-0.05, 0) is 16.7 Å². The van der Waals surface area contributed by atoms with Gasteiger partial charge in [0.25, 0.3) is 0 Å². The van der Waals surface area contributed by atoms with Crippen molar-refractivity contribution in [3.8, 4) is 0 Å². The summed E-state index contributed by atoms with van der Waals surface area (Å²) in [4.78, 5) is 51.1. The predicted octanol–water partition coefficient (Wildman–Crippen LogP) is 2.96. The van der Waals surface area contributed by atoms with Crippen LogP contribution in [0, 0.1) is 0 Å². The highest BCUT2D eigenvalue weighted by Crippen LogP contribution is 2.34. The van der Waals surface area contributed by atoms with E-state index in [4.69, 9.17) is 47.4 Å². The number of nitrogens with one attached hydrogen (secondary N) is 1. The largest absolute Gasteiger partial charge is 0.467 e. The van der Waals surface area contributed by atoms with E-state index < -0.39 is 92.0 Å². The van der Waals surface area contributed by atoms with Crippen LogP contribution in [0.3, 0.4) is 0 Å². The Morgan fingerprint density at radius 1 is 0.661 bits per heavy atom. The van der Waals surface area contributed by atoms with E-state index in [-0.39, 0.29) is 19.8 Å². The fourth-order valence-electron chi connectivity index (χ4n) is 6.30. The summed E-state index contributed by atoms with van der Waals surface area (Å²) in [6, 6.07) is 26.0. The third-order valence-electron chi connectivity index (χ3n) is 8.94. The molecule has 56 heavy (non-hydrogen) atoms. The molecule has 16 heteroatoms. The standard InChI is InChI=1S/C40H47NO15/c1-24(42)49-23-29-32(55-39-36(53-25(2)43)34(31(44)35(56-39)37(45)47-3)51-21-27-16-10-6-11-17-27)33(50-20-26-14-8-5-9-15-26)30(38(48-4)54-29)41-40(46)52-22-28-18-12-7-13-19-28/h5-19,29-36,38-39,44H,20-23H2,1-4H3,(H,41,46)/t29-,30-,31+,32-,33-,34+,35-,36-,38+,39-/m1/s1. The lowest BCUT2D eigenvalue weighted by atomic mass is 9.94. The minimum atomic E-state index is -1.69. The summed E-state index contributed by atoms with van der Waals surface area (Å²) in [6.07, 6.45) is -13.6. The molecule has 10 atom stereocenters. The van der Waals surface area contributed by atoms with Crippen LogP contribution in [0.4, 0.5) is 4.79 Å². The molecule has 0 unspecified atom stereocenters. The minimum Gasteiger partial charge on any atom is -0.467 e. The molecule has 0 spiro atoms. The van der Waals surface area contributed by atoms with Gasteiger partial charge < -0.3 is 57.8 Å². The number of carbonyl (C=O) groups is 4. The quantitative estimate of drug-likeness (QED) is 0.159. The van der Waals surface area contributed by atoms with Crippen molar-refractivity contribution in [3.05, 3.63) is 108 Å². The number of ether oxygens (including phenoxy) is 10. The molecule has 3 aromatic carbocycles. The van der Waals surface area contributed by atoms with E-state index in [1.165, 1.54) is 14.0 Å². The number of benzene rings is 3. The Labute approximate surface area is 324 Å². The molecule has 2 aliphatic rings. The minimum absolute atomic E-state index is 0.00939. The third kappa shape index (κ3) is 11.5. The maximum Gasteiger partial charge on any atom is 0.407 e. The van der Waals surface area contributed by atoms with Crippen molar-refractivity contribution in [1.82, 2.24) is 5.32 Å². The monoisotopic (exact) mass is 781 g/mol. The maximum absolute atomic E-state index is 13.4. The summed E-state index contributed by atoms with van der Waals surface area (Å²) < 4.78 is 58.7. The van der Waals surface area contributed by atoms with Crippen LogP contribution in [0.2, 0.25) is 0 Å². The van der Waals surface area contributed by atoms with Crippen molar-refractivity contribution in [2.45, 2.75) is 95.0 Å². The van der Waals surface area contributed by atoms with E-state index in [0.717, 1.165) is 30.7 Å². The number of amides is 1. The third-order valence-corrected chi connectivity index (χ3v) is 8.94. The van der Waals surface area contributed by atoms with Gasteiger partial charge in [-0.3, -0.25) is 9.59 Å². The topological polar surface area (TPSA) is 193 Å². The molecule has 2 saturated heterocycles. The maximum atomic E-state index is 13.4. The molecule has 16 nitrogen and oxygen atoms in total. The number of rotatable bonds is 16. The molecule has 2 N–H and O–H groups in total. The first-order valence-corrected chi connectivity index (χ1v) is 17.9. The highest BCUT2D eigenvalue weighted by Gasteiger charge is 2.56. The van der Waals surface area contributed by atoms with Crippen LogP contribution >= 0.6 is 0 Å². The summed E-state index contributed by atoms with van der Waals surface area (Å²) in [6.45, 7) is 1.85. The van der Waals surface area contributed by atoms with Crippen molar-refractivity contribution in [2.75, 3.05) is 20.8 Å². The van der Waals surface area contributed by atoms with Gasteiger partial charge in [0.15, 0.2) is 24.8 Å². The number of aliphatic hydroxyl groups is 1. The molecule has 0 bridgehead atoms. The van der Waals surface area contributed by atoms with Crippen molar-refractivity contribution >= 4 is 24.0 Å². The zero-order valence-corrected chi connectivity index (χ0v) is 31.4. The summed E-state index contributed by atoms with van der Waals surface area (Å²) in [5.41, 5.74) is 2.21. The predicted molar refractivity (Wildman–Crippen MR) is 193 cm³/mol. The van der Waals surface area contributed by atoms with Crippen molar-refractivity contribution in [3.63, 3.8) is 0 Å². The molecule has 2 aliphatic heterocycles. The highest BCUT2D eigenvalue weighted by atomic mass is 16.8. The van der Waals surface area contributed by atoms with E-state index in [0.29, 0.717) is 0 Å². The summed E-state index contributed by atoms with van der Waals surface area (Å²) >= 11 is 0. The SMILES string of the molecule is COC(=O)[C@@H]1O[C@@H](O[C@H]2[C@H](OCc3ccccc3)[C@@H](NC(=O)OCc3ccccc3)[C@@H](OC)O[C@@H]2COC(C)=O)[C@H](OC(C)=O)[C@@H](OCc2ccccc2)[C@@H]1O. The number of carbonyl (C=O) groups excluding carboxylic acids is 4. The van der Waals surface area contributed by atoms with E-state index in [9.17, 15) is 24.3 Å². The number of hydrogen-bond acceptors (Lipinski definition) is 15. The molecule has 5 rings (SSSR count). The lowest BCUT2D eigenvalue weighted by Gasteiger charge is -2.48. The molecule has 0 aliphatic carbocycles. The Morgan fingerprint density at radius 2 is 1.21 bits per heavy atom. The van der Waals surface area contributed by atoms with E-state index >= 15 is 0 Å². The van der Waals surface area contributed by atoms with Gasteiger partial charge in [0.2, 0.25) is 0 Å². The summed E-state index contributed by atoms with van der Waals surface area (Å²) in [5, 5.41) is 14.2.